The summed E-state index contributed by atoms with van der Waals surface area (Å²) in [6, 6.07) is 5.41. The van der Waals surface area contributed by atoms with Crippen molar-refractivity contribution in [3.8, 4) is 0 Å². The highest BCUT2D eigenvalue weighted by Gasteiger charge is 2.42. The summed E-state index contributed by atoms with van der Waals surface area (Å²) >= 11 is 0. The molecule has 1 atom stereocenters. The maximum absolute atomic E-state index is 13.0. The maximum Gasteiger partial charge on any atom is 0.471 e. The minimum Gasteiger partial charge on any atom is -0.467 e. The first kappa shape index (κ1) is 20.5. The number of halogens is 3. The van der Waals surface area contributed by atoms with Gasteiger partial charge in [-0.1, -0.05) is 19.9 Å². The Bertz CT molecular complexity index is 746. The predicted molar refractivity (Wildman–Crippen MR) is 90.0 cm³/mol. The van der Waals surface area contributed by atoms with Gasteiger partial charge in [0.25, 0.3) is 0 Å². The largest absolute Gasteiger partial charge is 0.471 e. The quantitative estimate of drug-likeness (QED) is 0.798. The Kier molecular flexibility index (Phi) is 6.59. The van der Waals surface area contributed by atoms with Gasteiger partial charge in [0.1, 0.15) is 11.8 Å². The molecule has 0 fully saturated rings. The number of pyridine rings is 1. The van der Waals surface area contributed by atoms with Gasteiger partial charge in [-0.25, -0.2) is 0 Å². The van der Waals surface area contributed by atoms with E-state index in [9.17, 15) is 22.8 Å². The second-order valence-electron chi connectivity index (χ2n) is 6.33. The number of aromatic nitrogens is 1. The summed E-state index contributed by atoms with van der Waals surface area (Å²) < 4.78 is 43.1. The van der Waals surface area contributed by atoms with E-state index in [1.807, 2.05) is 0 Å². The summed E-state index contributed by atoms with van der Waals surface area (Å²) in [7, 11) is 0. The van der Waals surface area contributed by atoms with Crippen LogP contribution >= 0.6 is 0 Å². The molecular formula is C18H20F3N3O3. The van der Waals surface area contributed by atoms with Crippen molar-refractivity contribution in [3.63, 3.8) is 0 Å². The number of rotatable bonds is 7. The third-order valence-corrected chi connectivity index (χ3v) is 3.81. The molecule has 0 unspecified atom stereocenters. The average molecular weight is 383 g/mol. The zero-order chi connectivity index (χ0) is 20.0. The van der Waals surface area contributed by atoms with Crippen LogP contribution in [0.4, 0.5) is 13.2 Å². The molecule has 0 saturated heterocycles. The SMILES string of the molecule is CC(C)[C@H](NC(=O)C(F)(F)F)C(=O)N(Cc1cccnc1)Cc1ccco1. The predicted octanol–water partition coefficient (Wildman–Crippen LogP) is 2.91. The molecule has 0 radical (unpaired) electrons. The fourth-order valence-electron chi connectivity index (χ4n) is 2.45. The zero-order valence-electron chi connectivity index (χ0n) is 14.9. The third kappa shape index (κ3) is 5.83. The van der Waals surface area contributed by atoms with Gasteiger partial charge < -0.3 is 14.6 Å². The summed E-state index contributed by atoms with van der Waals surface area (Å²) in [6.45, 7) is 3.28. The van der Waals surface area contributed by atoms with Gasteiger partial charge in [0.05, 0.1) is 12.8 Å². The van der Waals surface area contributed by atoms with Gasteiger partial charge in [-0.3, -0.25) is 14.6 Å². The van der Waals surface area contributed by atoms with Gasteiger partial charge in [-0.15, -0.1) is 0 Å². The second-order valence-corrected chi connectivity index (χ2v) is 6.33. The Morgan fingerprint density at radius 1 is 1.22 bits per heavy atom. The van der Waals surface area contributed by atoms with Crippen molar-refractivity contribution in [3.05, 3.63) is 54.2 Å². The van der Waals surface area contributed by atoms with Crippen LogP contribution in [-0.4, -0.2) is 33.9 Å². The lowest BCUT2D eigenvalue weighted by atomic mass is 10.0. The minimum absolute atomic E-state index is 0.0475. The van der Waals surface area contributed by atoms with E-state index in [0.717, 1.165) is 0 Å². The van der Waals surface area contributed by atoms with Crippen molar-refractivity contribution < 1.29 is 27.2 Å². The van der Waals surface area contributed by atoms with Crippen molar-refractivity contribution in [1.82, 2.24) is 15.2 Å². The van der Waals surface area contributed by atoms with Crippen LogP contribution in [-0.2, 0) is 22.7 Å². The fraction of sp³-hybridized carbons (Fsp3) is 0.389. The number of carbonyl (C=O) groups is 2. The van der Waals surface area contributed by atoms with Crippen molar-refractivity contribution in [2.45, 2.75) is 39.2 Å². The monoisotopic (exact) mass is 383 g/mol. The van der Waals surface area contributed by atoms with Crippen molar-refractivity contribution in [1.29, 1.82) is 0 Å². The first-order valence-electron chi connectivity index (χ1n) is 8.26. The van der Waals surface area contributed by atoms with Gasteiger partial charge >= 0.3 is 12.1 Å². The molecule has 27 heavy (non-hydrogen) atoms. The van der Waals surface area contributed by atoms with E-state index in [4.69, 9.17) is 4.42 Å². The fourth-order valence-corrected chi connectivity index (χ4v) is 2.45. The topological polar surface area (TPSA) is 75.4 Å². The van der Waals surface area contributed by atoms with Crippen LogP contribution in [0.25, 0.3) is 0 Å². The van der Waals surface area contributed by atoms with E-state index in [2.05, 4.69) is 4.98 Å². The van der Waals surface area contributed by atoms with Crippen LogP contribution in [0.15, 0.2) is 47.3 Å². The molecule has 2 aromatic rings. The summed E-state index contributed by atoms with van der Waals surface area (Å²) in [4.78, 5) is 29.6. The first-order chi connectivity index (χ1) is 12.7. The lowest BCUT2D eigenvalue weighted by Crippen LogP contribution is -2.53. The zero-order valence-corrected chi connectivity index (χ0v) is 14.9. The smallest absolute Gasteiger partial charge is 0.467 e. The van der Waals surface area contributed by atoms with Crippen LogP contribution in [0.3, 0.4) is 0 Å². The summed E-state index contributed by atoms with van der Waals surface area (Å²) in [5, 5.41) is 1.80. The van der Waals surface area contributed by atoms with Gasteiger partial charge in [0, 0.05) is 18.9 Å². The molecule has 9 heteroatoms. The van der Waals surface area contributed by atoms with Crippen LogP contribution < -0.4 is 5.32 Å². The second kappa shape index (κ2) is 8.70. The highest BCUT2D eigenvalue weighted by Crippen LogP contribution is 2.18. The number of carbonyl (C=O) groups excluding carboxylic acids is 2. The Labute approximate surface area is 154 Å². The molecule has 0 aliphatic rings. The Morgan fingerprint density at radius 2 is 1.96 bits per heavy atom. The molecule has 146 valence electrons. The van der Waals surface area contributed by atoms with Crippen LogP contribution in [0.1, 0.15) is 25.2 Å². The van der Waals surface area contributed by atoms with Crippen molar-refractivity contribution >= 4 is 11.8 Å². The molecule has 2 heterocycles. The molecule has 2 rings (SSSR count). The Hall–Kier alpha value is -2.84. The minimum atomic E-state index is -5.07. The molecule has 0 saturated carbocycles. The standard InChI is InChI=1S/C18H20F3N3O3/c1-12(2)15(23-17(26)18(19,20)21)16(25)24(11-14-6-4-8-27-14)10-13-5-3-7-22-9-13/h3-9,12,15H,10-11H2,1-2H3,(H,23,26)/t15-/m0/s1. The molecule has 2 aromatic heterocycles. The molecule has 0 spiro atoms. The molecule has 6 nitrogen and oxygen atoms in total. The highest BCUT2D eigenvalue weighted by atomic mass is 19.4. The molecule has 0 aromatic carbocycles. The number of alkyl halides is 3. The third-order valence-electron chi connectivity index (χ3n) is 3.81. The van der Waals surface area contributed by atoms with E-state index in [-0.39, 0.29) is 13.1 Å². The van der Waals surface area contributed by atoms with Crippen LogP contribution in [0, 0.1) is 5.92 Å². The van der Waals surface area contributed by atoms with Crippen molar-refractivity contribution in [2.75, 3.05) is 0 Å². The number of hydrogen-bond donors (Lipinski definition) is 1. The number of hydrogen-bond acceptors (Lipinski definition) is 4. The van der Waals surface area contributed by atoms with E-state index >= 15 is 0 Å². The number of nitrogens with zero attached hydrogens (tertiary/aromatic N) is 2. The average Bonchev–Trinajstić information content (AvgIpc) is 3.11. The number of amides is 2. The first-order valence-corrected chi connectivity index (χ1v) is 8.26. The lowest BCUT2D eigenvalue weighted by molar-refractivity contribution is -0.175. The molecule has 0 aliphatic heterocycles. The van der Waals surface area contributed by atoms with Crippen LogP contribution in [0.2, 0.25) is 0 Å². The van der Waals surface area contributed by atoms with Gasteiger partial charge in [-0.2, -0.15) is 13.2 Å². The molecule has 2 amide bonds. The maximum atomic E-state index is 13.0. The highest BCUT2D eigenvalue weighted by molar-refractivity contribution is 5.90. The van der Waals surface area contributed by atoms with Gasteiger partial charge in [0.15, 0.2) is 0 Å². The number of furan rings is 1. The molecule has 0 bridgehead atoms. The summed E-state index contributed by atoms with van der Waals surface area (Å²) in [5.41, 5.74) is 0.696. The molecule has 1 N–H and O–H groups in total. The normalized spacial score (nSPS) is 12.7. The molecule has 0 aliphatic carbocycles. The van der Waals surface area contributed by atoms with E-state index in [0.29, 0.717) is 11.3 Å². The van der Waals surface area contributed by atoms with E-state index in [1.165, 1.54) is 11.2 Å². The van der Waals surface area contributed by atoms with Gasteiger partial charge in [-0.05, 0) is 29.7 Å². The number of nitrogens with one attached hydrogen (secondary N) is 1. The summed E-state index contributed by atoms with van der Waals surface area (Å²) in [6.07, 6.45) is -0.500. The Morgan fingerprint density at radius 3 is 2.48 bits per heavy atom. The molecular weight excluding hydrogens is 363 g/mol. The van der Waals surface area contributed by atoms with E-state index in [1.54, 1.807) is 55.8 Å². The van der Waals surface area contributed by atoms with Gasteiger partial charge in [0.2, 0.25) is 5.91 Å². The summed E-state index contributed by atoms with van der Waals surface area (Å²) in [5.74, 6) is -2.86. The van der Waals surface area contributed by atoms with E-state index < -0.39 is 30.0 Å². The van der Waals surface area contributed by atoms with Crippen LogP contribution in [0.5, 0.6) is 0 Å². The Balaban J connectivity index is 2.24. The van der Waals surface area contributed by atoms with Crippen molar-refractivity contribution in [2.24, 2.45) is 5.92 Å². The lowest BCUT2D eigenvalue weighted by Gasteiger charge is -2.29.